The molecule has 2 rings (SSSR count). The van der Waals surface area contributed by atoms with Crippen LogP contribution in [0.1, 0.15) is 45.5 Å². The van der Waals surface area contributed by atoms with Crippen LogP contribution < -0.4 is 0 Å². The number of hydrogen-bond acceptors (Lipinski definition) is 4. The topological polar surface area (TPSA) is 69.8 Å². The minimum atomic E-state index is -3.48. The third-order valence-corrected chi connectivity index (χ3v) is 4.55. The van der Waals surface area contributed by atoms with Crippen LogP contribution >= 0.6 is 0 Å². The largest absolute Gasteiger partial charge is 0.319 e. The van der Waals surface area contributed by atoms with Crippen molar-refractivity contribution in [1.82, 2.24) is 19.3 Å². The summed E-state index contributed by atoms with van der Waals surface area (Å²) >= 11 is 0. The first-order valence-electron chi connectivity index (χ1n) is 6.61. The summed E-state index contributed by atoms with van der Waals surface area (Å²) in [5.74, 6) is -0.129. The first-order chi connectivity index (χ1) is 9.31. The molecule has 0 aliphatic rings. The van der Waals surface area contributed by atoms with Crippen molar-refractivity contribution in [1.29, 1.82) is 0 Å². The summed E-state index contributed by atoms with van der Waals surface area (Å²) in [5, 5.41) is 4.38. The fraction of sp³-hybridized carbons (Fsp3) is 0.538. The molecule has 0 N–H and O–H groups in total. The van der Waals surface area contributed by atoms with Gasteiger partial charge >= 0.3 is 0 Å². The molecule has 0 saturated carbocycles. The van der Waals surface area contributed by atoms with Crippen LogP contribution in [0.4, 0.5) is 0 Å². The van der Waals surface area contributed by atoms with Crippen molar-refractivity contribution < 1.29 is 8.42 Å². The van der Waals surface area contributed by atoms with Gasteiger partial charge in [0, 0.05) is 30.7 Å². The summed E-state index contributed by atoms with van der Waals surface area (Å²) in [5.41, 5.74) is 0.539. The van der Waals surface area contributed by atoms with Crippen molar-refractivity contribution in [3.8, 4) is 0 Å². The van der Waals surface area contributed by atoms with Gasteiger partial charge in [-0.05, 0) is 33.8 Å². The van der Waals surface area contributed by atoms with Crippen LogP contribution in [-0.2, 0) is 15.6 Å². The second kappa shape index (κ2) is 5.40. The van der Waals surface area contributed by atoms with E-state index < -0.39 is 9.84 Å². The smallest absolute Gasteiger partial charge is 0.228 e. The van der Waals surface area contributed by atoms with Crippen molar-refractivity contribution in [2.24, 2.45) is 0 Å². The van der Waals surface area contributed by atoms with Crippen LogP contribution in [0.25, 0.3) is 0 Å². The van der Waals surface area contributed by atoms with Crippen molar-refractivity contribution in [2.45, 2.75) is 50.7 Å². The Bertz CT molecular complexity index is 683. The van der Waals surface area contributed by atoms with Gasteiger partial charge in [0.25, 0.3) is 0 Å². The standard InChI is InChI=1S/C13H20N4O2S/c1-10(2)16-8-6-14-13(16)20(18,19)9-12-5-7-17(15-12)11(3)4/h5-8,10-11H,9H2,1-4H3. The second-order valence-electron chi connectivity index (χ2n) is 5.35. The zero-order valence-electron chi connectivity index (χ0n) is 12.2. The average molecular weight is 296 g/mol. The third-order valence-electron chi connectivity index (χ3n) is 3.00. The Kier molecular flexibility index (Phi) is 3.99. The molecule has 2 aromatic heterocycles. The van der Waals surface area contributed by atoms with Gasteiger partial charge in [-0.25, -0.2) is 13.4 Å². The van der Waals surface area contributed by atoms with E-state index in [1.165, 1.54) is 6.20 Å². The number of aromatic nitrogens is 4. The number of sulfone groups is 1. The molecule has 0 radical (unpaired) electrons. The highest BCUT2D eigenvalue weighted by molar-refractivity contribution is 7.90. The minimum absolute atomic E-state index is 0.0514. The van der Waals surface area contributed by atoms with Gasteiger partial charge in [0.2, 0.25) is 15.0 Å². The Hall–Kier alpha value is -1.63. The quantitative estimate of drug-likeness (QED) is 0.848. The van der Waals surface area contributed by atoms with E-state index in [0.717, 1.165) is 0 Å². The summed E-state index contributed by atoms with van der Waals surface area (Å²) < 4.78 is 28.3. The highest BCUT2D eigenvalue weighted by Crippen LogP contribution is 2.18. The molecule has 20 heavy (non-hydrogen) atoms. The molecule has 0 bridgehead atoms. The van der Waals surface area contributed by atoms with Gasteiger partial charge in [-0.3, -0.25) is 4.68 Å². The average Bonchev–Trinajstić information content (AvgIpc) is 2.95. The summed E-state index contributed by atoms with van der Waals surface area (Å²) in [7, 11) is -3.48. The lowest BCUT2D eigenvalue weighted by molar-refractivity contribution is 0.516. The monoisotopic (exact) mass is 296 g/mol. The van der Waals surface area contributed by atoms with E-state index >= 15 is 0 Å². The molecule has 6 nitrogen and oxygen atoms in total. The molecule has 0 aliphatic heterocycles. The van der Waals surface area contributed by atoms with Gasteiger partial charge in [0.15, 0.2) is 0 Å². The Labute approximate surface area is 119 Å². The van der Waals surface area contributed by atoms with E-state index in [0.29, 0.717) is 5.69 Å². The highest BCUT2D eigenvalue weighted by atomic mass is 32.2. The summed E-state index contributed by atoms with van der Waals surface area (Å²) in [6.07, 6.45) is 4.99. The Morgan fingerprint density at radius 2 is 1.85 bits per heavy atom. The van der Waals surface area contributed by atoms with Gasteiger partial charge in [-0.15, -0.1) is 0 Å². The summed E-state index contributed by atoms with van der Waals surface area (Å²) in [6, 6.07) is 2.00. The van der Waals surface area contributed by atoms with Crippen LogP contribution in [-0.4, -0.2) is 27.7 Å². The second-order valence-corrected chi connectivity index (χ2v) is 7.23. The molecule has 2 aromatic rings. The van der Waals surface area contributed by atoms with Crippen LogP contribution in [0.3, 0.4) is 0 Å². The maximum atomic E-state index is 12.4. The summed E-state index contributed by atoms with van der Waals surface area (Å²) in [4.78, 5) is 3.99. The lowest BCUT2D eigenvalue weighted by Crippen LogP contribution is -2.14. The van der Waals surface area contributed by atoms with Crippen LogP contribution in [0.5, 0.6) is 0 Å². The fourth-order valence-electron chi connectivity index (χ4n) is 1.93. The normalized spacial score (nSPS) is 12.5. The van der Waals surface area contributed by atoms with Gasteiger partial charge in [0.1, 0.15) is 5.75 Å². The van der Waals surface area contributed by atoms with Gasteiger partial charge in [-0.2, -0.15) is 5.10 Å². The Balaban J connectivity index is 2.28. The number of rotatable bonds is 5. The van der Waals surface area contributed by atoms with Gasteiger partial charge < -0.3 is 4.57 Å². The zero-order valence-corrected chi connectivity index (χ0v) is 13.0. The first kappa shape index (κ1) is 14.8. The molecule has 0 unspecified atom stereocenters. The third kappa shape index (κ3) is 2.92. The molecule has 2 heterocycles. The van der Waals surface area contributed by atoms with E-state index in [1.807, 2.05) is 27.7 Å². The van der Waals surface area contributed by atoms with Crippen LogP contribution in [0.15, 0.2) is 29.8 Å². The molecule has 0 aliphatic carbocycles. The number of imidazole rings is 1. The highest BCUT2D eigenvalue weighted by Gasteiger charge is 2.23. The van der Waals surface area contributed by atoms with E-state index in [2.05, 4.69) is 10.1 Å². The zero-order chi connectivity index (χ0) is 14.9. The molecule has 0 amide bonds. The predicted octanol–water partition coefficient (Wildman–Crippen LogP) is 2.22. The van der Waals surface area contributed by atoms with Crippen molar-refractivity contribution in [2.75, 3.05) is 0 Å². The van der Waals surface area contributed by atoms with E-state index in [4.69, 9.17) is 0 Å². The first-order valence-corrected chi connectivity index (χ1v) is 8.26. The van der Waals surface area contributed by atoms with E-state index in [1.54, 1.807) is 27.7 Å². The van der Waals surface area contributed by atoms with Crippen molar-refractivity contribution in [3.05, 3.63) is 30.4 Å². The molecule has 7 heteroatoms. The van der Waals surface area contributed by atoms with Gasteiger partial charge in [-0.1, -0.05) is 0 Å². The lowest BCUT2D eigenvalue weighted by atomic mass is 10.4. The fourth-order valence-corrected chi connectivity index (χ4v) is 3.42. The molecule has 0 saturated heterocycles. The number of hydrogen-bond donors (Lipinski definition) is 0. The van der Waals surface area contributed by atoms with Crippen LogP contribution in [0.2, 0.25) is 0 Å². The molecular weight excluding hydrogens is 276 g/mol. The Morgan fingerprint density at radius 3 is 2.40 bits per heavy atom. The molecule has 0 fully saturated rings. The van der Waals surface area contributed by atoms with Crippen LogP contribution in [0, 0.1) is 0 Å². The minimum Gasteiger partial charge on any atom is -0.319 e. The molecule has 110 valence electrons. The van der Waals surface area contributed by atoms with Gasteiger partial charge in [0.05, 0.1) is 5.69 Å². The SMILES string of the molecule is CC(C)n1ccc(CS(=O)(=O)c2nccn2C(C)C)n1. The molecule has 0 atom stereocenters. The van der Waals surface area contributed by atoms with Crippen molar-refractivity contribution >= 4 is 9.84 Å². The van der Waals surface area contributed by atoms with Crippen molar-refractivity contribution in [3.63, 3.8) is 0 Å². The summed E-state index contributed by atoms with van der Waals surface area (Å²) in [6.45, 7) is 7.84. The lowest BCUT2D eigenvalue weighted by Gasteiger charge is -2.11. The molecular formula is C13H20N4O2S. The Morgan fingerprint density at radius 1 is 1.15 bits per heavy atom. The van der Waals surface area contributed by atoms with E-state index in [9.17, 15) is 8.42 Å². The maximum Gasteiger partial charge on any atom is 0.228 e. The van der Waals surface area contributed by atoms with E-state index in [-0.39, 0.29) is 23.0 Å². The molecule has 0 aromatic carbocycles. The molecule has 0 spiro atoms. The maximum absolute atomic E-state index is 12.4. The predicted molar refractivity (Wildman–Crippen MR) is 76.1 cm³/mol. The number of nitrogens with zero attached hydrogens (tertiary/aromatic N) is 4.